The van der Waals surface area contributed by atoms with Gasteiger partial charge >= 0.3 is 5.97 Å². The largest absolute Gasteiger partial charge is 0.355 e. The predicted octanol–water partition coefficient (Wildman–Crippen LogP) is 3.94. The van der Waals surface area contributed by atoms with E-state index in [0.29, 0.717) is 28.3 Å². The Labute approximate surface area is 236 Å². The van der Waals surface area contributed by atoms with Gasteiger partial charge in [0.1, 0.15) is 5.04 Å². The molecule has 2 aromatic heterocycles. The molecule has 2 aliphatic heterocycles. The fourth-order valence-electron chi connectivity index (χ4n) is 4.45. The molecule has 39 heavy (non-hydrogen) atoms. The molecule has 10 nitrogen and oxygen atoms in total. The number of fused-ring (bicyclic) bond motifs is 1. The molecule has 0 amide bonds. The van der Waals surface area contributed by atoms with Gasteiger partial charge in [-0.15, -0.1) is 0 Å². The van der Waals surface area contributed by atoms with E-state index in [0.717, 1.165) is 41.2 Å². The number of aliphatic imine (C=N–C) groups is 1. The highest BCUT2D eigenvalue weighted by atomic mass is 32.2. The molecule has 1 fully saturated rings. The van der Waals surface area contributed by atoms with Crippen molar-refractivity contribution in [2.45, 2.75) is 30.0 Å². The molecule has 0 aliphatic carbocycles. The van der Waals surface area contributed by atoms with Gasteiger partial charge in [-0.3, -0.25) is 19.1 Å². The lowest BCUT2D eigenvalue weighted by Gasteiger charge is -2.28. The number of hydrogen-bond donors (Lipinski definition) is 1. The normalized spacial score (nSPS) is 18.2. The van der Waals surface area contributed by atoms with Crippen LogP contribution >= 0.6 is 23.5 Å². The minimum absolute atomic E-state index is 0.0807. The molecule has 1 saturated heterocycles. The van der Waals surface area contributed by atoms with E-state index >= 15 is 0 Å². The number of carbonyl (C=O) groups excluding carboxylic acids is 1. The predicted molar refractivity (Wildman–Crippen MR) is 156 cm³/mol. The van der Waals surface area contributed by atoms with Crippen molar-refractivity contribution < 1.29 is 23.0 Å². The van der Waals surface area contributed by atoms with E-state index in [1.165, 1.54) is 36.9 Å². The minimum Gasteiger partial charge on any atom is -0.351 e. The molecule has 1 atom stereocenters. The summed E-state index contributed by atoms with van der Waals surface area (Å²) in [4.78, 5) is 36.9. The van der Waals surface area contributed by atoms with E-state index in [-0.39, 0.29) is 17.2 Å². The average molecular weight is 590 g/mol. The molecular formula is C26H31N5O5S3. The molecular weight excluding hydrogens is 559 g/mol. The third kappa shape index (κ3) is 6.37. The number of aromatic amines is 1. The number of pyridine rings is 1. The summed E-state index contributed by atoms with van der Waals surface area (Å²) in [6.07, 6.45) is 2.27. The SMILES string of the molecule is CCCC(=O)OOc1cc(N(C)S(=O)(=O)c2ccccn2)c2[nH]c(C3=NCC(CN4CCSCC4)S3)cc2c1. The highest BCUT2D eigenvalue weighted by Crippen LogP contribution is 2.36. The summed E-state index contributed by atoms with van der Waals surface area (Å²) in [7, 11) is -2.52. The molecule has 3 aromatic rings. The van der Waals surface area contributed by atoms with Crippen LogP contribution in [-0.2, 0) is 19.7 Å². The first-order valence-corrected chi connectivity index (χ1v) is 16.3. The van der Waals surface area contributed by atoms with Crippen molar-refractivity contribution in [1.82, 2.24) is 14.9 Å². The van der Waals surface area contributed by atoms with Crippen LogP contribution in [-0.4, -0.2) is 84.3 Å². The lowest BCUT2D eigenvalue weighted by atomic mass is 10.2. The van der Waals surface area contributed by atoms with Crippen molar-refractivity contribution in [1.29, 1.82) is 0 Å². The first kappa shape index (κ1) is 27.8. The second kappa shape index (κ2) is 12.2. The van der Waals surface area contributed by atoms with Crippen molar-refractivity contribution in [3.8, 4) is 5.75 Å². The summed E-state index contributed by atoms with van der Waals surface area (Å²) in [6.45, 7) is 5.81. The monoisotopic (exact) mass is 589 g/mol. The Morgan fingerprint density at radius 2 is 2.05 bits per heavy atom. The molecule has 1 unspecified atom stereocenters. The van der Waals surface area contributed by atoms with E-state index in [1.54, 1.807) is 30.0 Å². The number of carbonyl (C=O) groups is 1. The summed E-state index contributed by atoms with van der Waals surface area (Å²) < 4.78 is 28.0. The second-order valence-electron chi connectivity index (χ2n) is 9.32. The summed E-state index contributed by atoms with van der Waals surface area (Å²) in [5, 5.41) is 1.88. The number of hydrogen-bond acceptors (Lipinski definition) is 10. The Bertz CT molecular complexity index is 1460. The van der Waals surface area contributed by atoms with Crippen LogP contribution in [0.5, 0.6) is 5.75 Å². The van der Waals surface area contributed by atoms with Crippen LogP contribution in [0.2, 0.25) is 0 Å². The number of H-pyrrole nitrogens is 1. The van der Waals surface area contributed by atoms with Gasteiger partial charge in [-0.05, 0) is 30.7 Å². The zero-order chi connectivity index (χ0) is 27.4. The van der Waals surface area contributed by atoms with Crippen LogP contribution in [0.1, 0.15) is 25.5 Å². The third-order valence-corrected chi connectivity index (χ3v) is 10.3. The summed E-state index contributed by atoms with van der Waals surface area (Å²) in [5.41, 5.74) is 1.73. The third-order valence-electron chi connectivity index (χ3n) is 6.48. The molecule has 1 N–H and O–H groups in total. The Morgan fingerprint density at radius 3 is 2.79 bits per heavy atom. The molecule has 4 heterocycles. The van der Waals surface area contributed by atoms with Gasteiger partial charge in [-0.1, -0.05) is 24.8 Å². The summed E-state index contributed by atoms with van der Waals surface area (Å²) in [6, 6.07) is 9.89. The fourth-order valence-corrected chi connectivity index (χ4v) is 7.70. The van der Waals surface area contributed by atoms with Crippen molar-refractivity contribution >= 4 is 61.2 Å². The number of anilines is 1. The van der Waals surface area contributed by atoms with Crippen LogP contribution in [0, 0.1) is 0 Å². The van der Waals surface area contributed by atoms with Gasteiger partial charge in [-0.25, -0.2) is 9.78 Å². The second-order valence-corrected chi connectivity index (χ2v) is 13.7. The molecule has 1 aromatic carbocycles. The Hall–Kier alpha value is -2.74. The average Bonchev–Trinajstić information content (AvgIpc) is 3.59. The number of nitrogens with one attached hydrogen (secondary N) is 1. The van der Waals surface area contributed by atoms with E-state index in [4.69, 9.17) is 14.8 Å². The maximum atomic E-state index is 13.4. The molecule has 0 radical (unpaired) electrons. The summed E-state index contributed by atoms with van der Waals surface area (Å²) in [5.74, 6) is 2.04. The highest BCUT2D eigenvalue weighted by Gasteiger charge is 2.28. The van der Waals surface area contributed by atoms with Crippen LogP contribution in [0.15, 0.2) is 52.6 Å². The Morgan fingerprint density at radius 1 is 1.23 bits per heavy atom. The van der Waals surface area contributed by atoms with Gasteiger partial charge in [0.15, 0.2) is 10.8 Å². The van der Waals surface area contributed by atoms with E-state index in [2.05, 4.69) is 14.9 Å². The fraction of sp³-hybridized carbons (Fsp3) is 0.423. The van der Waals surface area contributed by atoms with Gasteiger partial charge in [-0.2, -0.15) is 20.2 Å². The van der Waals surface area contributed by atoms with Crippen molar-refractivity contribution in [2.75, 3.05) is 49.0 Å². The lowest BCUT2D eigenvalue weighted by Crippen LogP contribution is -2.37. The summed E-state index contributed by atoms with van der Waals surface area (Å²) >= 11 is 3.74. The van der Waals surface area contributed by atoms with Gasteiger partial charge in [0.05, 0.1) is 23.4 Å². The number of rotatable bonds is 10. The van der Waals surface area contributed by atoms with Gasteiger partial charge < -0.3 is 9.88 Å². The zero-order valence-electron chi connectivity index (χ0n) is 21.8. The van der Waals surface area contributed by atoms with E-state index < -0.39 is 16.0 Å². The molecule has 0 saturated carbocycles. The number of aromatic nitrogens is 2. The van der Waals surface area contributed by atoms with Gasteiger partial charge in [0.2, 0.25) is 0 Å². The minimum atomic E-state index is -3.98. The number of nitrogens with zero attached hydrogens (tertiary/aromatic N) is 4. The maximum absolute atomic E-state index is 13.4. The van der Waals surface area contributed by atoms with Crippen molar-refractivity contribution in [3.63, 3.8) is 0 Å². The number of thioether (sulfide) groups is 2. The molecule has 5 rings (SSSR count). The van der Waals surface area contributed by atoms with Crippen molar-refractivity contribution in [3.05, 3.63) is 48.3 Å². The first-order valence-electron chi connectivity index (χ1n) is 12.8. The number of sulfonamides is 1. The van der Waals surface area contributed by atoms with Crippen LogP contribution in [0.4, 0.5) is 5.69 Å². The quantitative estimate of drug-likeness (QED) is 0.277. The van der Waals surface area contributed by atoms with Gasteiger partial charge in [0, 0.05) is 67.5 Å². The molecule has 2 aliphatic rings. The topological polar surface area (TPSA) is 117 Å². The number of benzene rings is 1. The van der Waals surface area contributed by atoms with Crippen LogP contribution in [0.25, 0.3) is 10.9 Å². The molecule has 0 bridgehead atoms. The van der Waals surface area contributed by atoms with Crippen molar-refractivity contribution in [2.24, 2.45) is 4.99 Å². The highest BCUT2D eigenvalue weighted by molar-refractivity contribution is 8.15. The molecule has 0 spiro atoms. The smallest absolute Gasteiger partial charge is 0.351 e. The Kier molecular flexibility index (Phi) is 8.70. The molecule has 13 heteroatoms. The van der Waals surface area contributed by atoms with Crippen LogP contribution < -0.4 is 9.19 Å². The van der Waals surface area contributed by atoms with Crippen LogP contribution in [0.3, 0.4) is 0 Å². The first-order chi connectivity index (χ1) is 18.8. The van der Waals surface area contributed by atoms with E-state index in [9.17, 15) is 13.2 Å². The van der Waals surface area contributed by atoms with Gasteiger partial charge in [0.25, 0.3) is 10.0 Å². The Balaban J connectivity index is 1.45. The standard InChI is InChI=1S/C26H31N5O5S3/c1-3-6-24(32)36-35-19-13-18-14-21(26-28-16-20(38-26)17-31-9-11-37-12-10-31)29-25(18)22(15-19)30(2)39(33,34)23-7-4-5-8-27-23/h4-5,7-8,13-15,20,29H,3,6,9-12,16-17H2,1-2H3. The maximum Gasteiger partial charge on any atom is 0.355 e. The van der Waals surface area contributed by atoms with E-state index in [1.807, 2.05) is 24.8 Å². The zero-order valence-corrected chi connectivity index (χ0v) is 24.3. The molecule has 208 valence electrons. The lowest BCUT2D eigenvalue weighted by molar-refractivity contribution is -0.213.